The smallest absolute Gasteiger partial charge is 0.262 e. The lowest BCUT2D eigenvalue weighted by Crippen LogP contribution is -2.18. The van der Waals surface area contributed by atoms with Crippen LogP contribution < -0.4 is 10.1 Å². The molecular formula is C17H16N4O2. The van der Waals surface area contributed by atoms with E-state index in [1.165, 1.54) is 0 Å². The summed E-state index contributed by atoms with van der Waals surface area (Å²) in [6.07, 6.45) is 2.47. The topological polar surface area (TPSA) is 69.0 Å². The van der Waals surface area contributed by atoms with Gasteiger partial charge in [-0.25, -0.2) is 4.68 Å². The van der Waals surface area contributed by atoms with Gasteiger partial charge >= 0.3 is 0 Å². The first-order valence-electron chi connectivity index (χ1n) is 7.59. The zero-order valence-electron chi connectivity index (χ0n) is 12.7. The van der Waals surface area contributed by atoms with Crippen LogP contribution in [0, 0.1) is 6.92 Å². The third-order valence-corrected chi connectivity index (χ3v) is 3.88. The molecule has 3 aromatic rings. The van der Waals surface area contributed by atoms with Crippen LogP contribution in [-0.4, -0.2) is 27.3 Å². The van der Waals surface area contributed by atoms with Crippen LogP contribution in [0.4, 0.5) is 5.69 Å². The Kier molecular flexibility index (Phi) is 3.22. The third kappa shape index (κ3) is 2.42. The molecule has 3 heterocycles. The van der Waals surface area contributed by atoms with Crippen molar-refractivity contribution in [2.75, 3.05) is 11.9 Å². The molecule has 0 spiro atoms. The van der Waals surface area contributed by atoms with Crippen molar-refractivity contribution in [3.05, 3.63) is 47.8 Å². The standard InChI is InChI=1S/C17H16N4O2/c1-11-9-15(12-5-2-3-6-14(12)19-11)20-16(22)13-10-18-21-7-4-8-23-17(13)21/h2-3,5-6,9-10H,4,7-8H2,1H3,(H,19,20,22). The summed E-state index contributed by atoms with van der Waals surface area (Å²) in [5.74, 6) is 0.327. The van der Waals surface area contributed by atoms with E-state index in [1.54, 1.807) is 10.9 Å². The zero-order valence-corrected chi connectivity index (χ0v) is 12.7. The summed E-state index contributed by atoms with van der Waals surface area (Å²) in [5, 5.41) is 8.09. The minimum Gasteiger partial charge on any atom is -0.477 e. The summed E-state index contributed by atoms with van der Waals surface area (Å²) in [4.78, 5) is 17.1. The second-order valence-corrected chi connectivity index (χ2v) is 5.57. The molecule has 1 aromatic carbocycles. The van der Waals surface area contributed by atoms with Crippen LogP contribution in [0.1, 0.15) is 22.5 Å². The summed E-state index contributed by atoms with van der Waals surface area (Å²) in [6.45, 7) is 3.30. The normalized spacial score (nSPS) is 13.4. The molecule has 1 aliphatic rings. The Labute approximate surface area is 133 Å². The predicted molar refractivity (Wildman–Crippen MR) is 86.8 cm³/mol. The summed E-state index contributed by atoms with van der Waals surface area (Å²) < 4.78 is 7.32. The summed E-state index contributed by atoms with van der Waals surface area (Å²) in [7, 11) is 0. The molecule has 0 saturated carbocycles. The number of nitrogens with zero attached hydrogens (tertiary/aromatic N) is 3. The highest BCUT2D eigenvalue weighted by molar-refractivity contribution is 6.09. The first kappa shape index (κ1) is 13.8. The molecule has 1 aliphatic heterocycles. The summed E-state index contributed by atoms with van der Waals surface area (Å²) in [5.41, 5.74) is 2.92. The largest absolute Gasteiger partial charge is 0.477 e. The number of pyridine rings is 1. The maximum atomic E-state index is 12.6. The van der Waals surface area contributed by atoms with E-state index in [0.717, 1.165) is 35.2 Å². The number of aromatic nitrogens is 3. The highest BCUT2D eigenvalue weighted by Crippen LogP contribution is 2.26. The fourth-order valence-corrected chi connectivity index (χ4v) is 2.83. The van der Waals surface area contributed by atoms with Gasteiger partial charge in [-0.15, -0.1) is 0 Å². The second kappa shape index (κ2) is 5.39. The van der Waals surface area contributed by atoms with E-state index in [4.69, 9.17) is 4.74 Å². The molecule has 116 valence electrons. The molecule has 6 nitrogen and oxygen atoms in total. The van der Waals surface area contributed by atoms with Crippen molar-refractivity contribution >= 4 is 22.5 Å². The zero-order chi connectivity index (χ0) is 15.8. The van der Waals surface area contributed by atoms with Gasteiger partial charge in [-0.2, -0.15) is 5.10 Å². The number of hydrogen-bond donors (Lipinski definition) is 1. The minimum atomic E-state index is -0.219. The number of carbonyl (C=O) groups excluding carboxylic acids is 1. The lowest BCUT2D eigenvalue weighted by molar-refractivity contribution is 0.102. The molecule has 1 N–H and O–H groups in total. The third-order valence-electron chi connectivity index (χ3n) is 3.88. The number of para-hydroxylation sites is 1. The Bertz CT molecular complexity index is 901. The van der Waals surface area contributed by atoms with Crippen LogP contribution in [0.25, 0.3) is 10.9 Å². The van der Waals surface area contributed by atoms with Crippen molar-refractivity contribution in [2.45, 2.75) is 19.9 Å². The van der Waals surface area contributed by atoms with Crippen molar-refractivity contribution in [3.63, 3.8) is 0 Å². The Balaban J connectivity index is 1.71. The molecule has 0 unspecified atom stereocenters. The molecule has 0 saturated heterocycles. The number of aryl methyl sites for hydroxylation is 2. The van der Waals surface area contributed by atoms with Crippen molar-refractivity contribution in [2.24, 2.45) is 0 Å². The number of benzene rings is 1. The molecule has 0 fully saturated rings. The maximum Gasteiger partial charge on any atom is 0.262 e. The molecule has 1 amide bonds. The Morgan fingerprint density at radius 3 is 3.13 bits per heavy atom. The minimum absolute atomic E-state index is 0.219. The molecular weight excluding hydrogens is 292 g/mol. The number of fused-ring (bicyclic) bond motifs is 2. The average Bonchev–Trinajstić information content (AvgIpc) is 2.99. The van der Waals surface area contributed by atoms with E-state index >= 15 is 0 Å². The lowest BCUT2D eigenvalue weighted by Gasteiger charge is -2.16. The van der Waals surface area contributed by atoms with Crippen LogP contribution in [0.3, 0.4) is 0 Å². The maximum absolute atomic E-state index is 12.6. The summed E-state index contributed by atoms with van der Waals surface area (Å²) in [6, 6.07) is 9.61. The number of anilines is 1. The monoisotopic (exact) mass is 308 g/mol. The Hall–Kier alpha value is -2.89. The van der Waals surface area contributed by atoms with E-state index in [2.05, 4.69) is 15.4 Å². The average molecular weight is 308 g/mol. The molecule has 0 aliphatic carbocycles. The van der Waals surface area contributed by atoms with Gasteiger partial charge in [-0.3, -0.25) is 9.78 Å². The van der Waals surface area contributed by atoms with Gasteiger partial charge in [0.05, 0.1) is 24.0 Å². The molecule has 6 heteroatoms. The van der Waals surface area contributed by atoms with Crippen LogP contribution in [-0.2, 0) is 6.54 Å². The van der Waals surface area contributed by atoms with Crippen molar-refractivity contribution < 1.29 is 9.53 Å². The molecule has 4 rings (SSSR count). The lowest BCUT2D eigenvalue weighted by atomic mass is 10.1. The van der Waals surface area contributed by atoms with Gasteiger partial charge in [0, 0.05) is 24.0 Å². The number of rotatable bonds is 2. The summed E-state index contributed by atoms with van der Waals surface area (Å²) >= 11 is 0. The highest BCUT2D eigenvalue weighted by Gasteiger charge is 2.22. The number of hydrogen-bond acceptors (Lipinski definition) is 4. The molecule has 0 atom stereocenters. The van der Waals surface area contributed by atoms with Crippen molar-refractivity contribution in [1.82, 2.24) is 14.8 Å². The first-order chi connectivity index (χ1) is 11.2. The number of nitrogens with one attached hydrogen (secondary N) is 1. The molecule has 2 aromatic heterocycles. The first-order valence-corrected chi connectivity index (χ1v) is 7.59. The highest BCUT2D eigenvalue weighted by atomic mass is 16.5. The van der Waals surface area contributed by atoms with Gasteiger partial charge in [0.1, 0.15) is 5.56 Å². The van der Waals surface area contributed by atoms with Crippen molar-refractivity contribution in [1.29, 1.82) is 0 Å². The quantitative estimate of drug-likeness (QED) is 0.790. The van der Waals surface area contributed by atoms with Crippen LogP contribution in [0.2, 0.25) is 0 Å². The fraction of sp³-hybridized carbons (Fsp3) is 0.235. The van der Waals surface area contributed by atoms with Gasteiger partial charge in [0.15, 0.2) is 0 Å². The van der Waals surface area contributed by atoms with E-state index < -0.39 is 0 Å². The predicted octanol–water partition coefficient (Wildman–Crippen LogP) is 2.77. The number of ether oxygens (including phenoxy) is 1. The molecule has 0 bridgehead atoms. The molecule has 23 heavy (non-hydrogen) atoms. The second-order valence-electron chi connectivity index (χ2n) is 5.57. The van der Waals surface area contributed by atoms with E-state index in [0.29, 0.717) is 18.1 Å². The van der Waals surface area contributed by atoms with Crippen LogP contribution in [0.15, 0.2) is 36.5 Å². The Morgan fingerprint density at radius 1 is 1.35 bits per heavy atom. The van der Waals surface area contributed by atoms with E-state index in [9.17, 15) is 4.79 Å². The number of amides is 1. The van der Waals surface area contributed by atoms with Gasteiger partial charge in [-0.05, 0) is 19.1 Å². The SMILES string of the molecule is Cc1cc(NC(=O)c2cnn3c2OCCC3)c2ccccc2n1. The van der Waals surface area contributed by atoms with Crippen molar-refractivity contribution in [3.8, 4) is 5.88 Å². The Morgan fingerprint density at radius 2 is 2.22 bits per heavy atom. The van der Waals surface area contributed by atoms with Gasteiger partial charge in [-0.1, -0.05) is 18.2 Å². The number of carbonyl (C=O) groups is 1. The van der Waals surface area contributed by atoms with Gasteiger partial charge < -0.3 is 10.1 Å². The fourth-order valence-electron chi connectivity index (χ4n) is 2.83. The van der Waals surface area contributed by atoms with E-state index in [1.807, 2.05) is 37.3 Å². The van der Waals surface area contributed by atoms with Gasteiger partial charge in [0.25, 0.3) is 5.91 Å². The van der Waals surface area contributed by atoms with Crippen LogP contribution >= 0.6 is 0 Å². The van der Waals surface area contributed by atoms with E-state index in [-0.39, 0.29) is 5.91 Å². The van der Waals surface area contributed by atoms with Crippen LogP contribution in [0.5, 0.6) is 5.88 Å². The molecule has 0 radical (unpaired) electrons. The van der Waals surface area contributed by atoms with Gasteiger partial charge in [0.2, 0.25) is 5.88 Å².